The summed E-state index contributed by atoms with van der Waals surface area (Å²) in [6, 6.07) is 6.22. The van der Waals surface area contributed by atoms with Gasteiger partial charge in [-0.1, -0.05) is 12.1 Å². The van der Waals surface area contributed by atoms with E-state index in [9.17, 15) is 9.59 Å². The van der Waals surface area contributed by atoms with Gasteiger partial charge in [0.05, 0.1) is 12.5 Å². The molecule has 0 bridgehead atoms. The number of carboxylic acid groups (broad SMARTS) is 1. The number of carbonyl (C=O) groups is 2. The van der Waals surface area contributed by atoms with Crippen molar-refractivity contribution in [1.29, 1.82) is 0 Å². The molecule has 0 saturated carbocycles. The Bertz CT molecular complexity index is 465. The van der Waals surface area contributed by atoms with E-state index < -0.39 is 17.4 Å². The maximum atomic E-state index is 12.1. The van der Waals surface area contributed by atoms with Crippen molar-refractivity contribution in [2.45, 2.75) is 32.2 Å². The molecule has 0 saturated heterocycles. The van der Waals surface area contributed by atoms with Crippen molar-refractivity contribution in [2.24, 2.45) is 0 Å². The Balaban J connectivity index is 2.89. The van der Waals surface area contributed by atoms with Crippen molar-refractivity contribution in [3.05, 3.63) is 29.8 Å². The van der Waals surface area contributed by atoms with Crippen LogP contribution in [-0.2, 0) is 15.0 Å². The van der Waals surface area contributed by atoms with E-state index in [0.717, 1.165) is 5.56 Å². The lowest BCUT2D eigenvalue weighted by Gasteiger charge is -2.25. The highest BCUT2D eigenvalue weighted by atomic mass is 16.5. The van der Waals surface area contributed by atoms with Gasteiger partial charge in [-0.25, -0.2) is 0 Å². The molecule has 0 aliphatic rings. The summed E-state index contributed by atoms with van der Waals surface area (Å²) in [5.74, 6) is -0.676. The number of carboxylic acids is 1. The molecule has 5 heteroatoms. The standard InChI is InChI=1S/C14H19NO4/c1-9(12(16)17)15-13(18)14(2,3)10-5-7-11(19-4)8-6-10/h5-9H,1-4H3,(H,15,18)(H,16,17). The Labute approximate surface area is 112 Å². The summed E-state index contributed by atoms with van der Waals surface area (Å²) >= 11 is 0. The van der Waals surface area contributed by atoms with Crippen LogP contribution in [0.3, 0.4) is 0 Å². The number of rotatable bonds is 5. The van der Waals surface area contributed by atoms with Gasteiger partial charge in [0.25, 0.3) is 0 Å². The van der Waals surface area contributed by atoms with Gasteiger partial charge in [0.1, 0.15) is 11.8 Å². The lowest BCUT2D eigenvalue weighted by molar-refractivity contribution is -0.142. The molecule has 2 N–H and O–H groups in total. The largest absolute Gasteiger partial charge is 0.497 e. The average molecular weight is 265 g/mol. The van der Waals surface area contributed by atoms with Gasteiger partial charge in [-0.3, -0.25) is 9.59 Å². The Hall–Kier alpha value is -2.04. The van der Waals surface area contributed by atoms with Crippen molar-refractivity contribution in [1.82, 2.24) is 5.32 Å². The Morgan fingerprint density at radius 2 is 1.79 bits per heavy atom. The van der Waals surface area contributed by atoms with E-state index in [1.165, 1.54) is 6.92 Å². The van der Waals surface area contributed by atoms with Crippen molar-refractivity contribution in [3.63, 3.8) is 0 Å². The fourth-order valence-electron chi connectivity index (χ4n) is 1.58. The Morgan fingerprint density at radius 3 is 2.21 bits per heavy atom. The molecule has 1 aromatic carbocycles. The molecule has 0 aliphatic carbocycles. The molecule has 0 fully saturated rings. The summed E-state index contributed by atoms with van der Waals surface area (Å²) in [4.78, 5) is 22.9. The molecule has 104 valence electrons. The van der Waals surface area contributed by atoms with Gasteiger partial charge in [0, 0.05) is 0 Å². The molecule has 1 aromatic rings. The molecule has 5 nitrogen and oxygen atoms in total. The number of hydrogen-bond donors (Lipinski definition) is 2. The van der Waals surface area contributed by atoms with Crippen molar-refractivity contribution >= 4 is 11.9 Å². The van der Waals surface area contributed by atoms with Gasteiger partial charge < -0.3 is 15.2 Å². The summed E-state index contributed by atoms with van der Waals surface area (Å²) in [7, 11) is 1.57. The van der Waals surface area contributed by atoms with Crippen LogP contribution in [0, 0.1) is 0 Å². The normalized spacial score (nSPS) is 12.6. The number of amides is 1. The minimum atomic E-state index is -1.06. The van der Waals surface area contributed by atoms with Gasteiger partial charge in [-0.2, -0.15) is 0 Å². The maximum absolute atomic E-state index is 12.1. The number of ether oxygens (including phenoxy) is 1. The zero-order valence-corrected chi connectivity index (χ0v) is 11.6. The van der Waals surface area contributed by atoms with E-state index in [4.69, 9.17) is 9.84 Å². The first kappa shape index (κ1) is 15.0. The van der Waals surface area contributed by atoms with Crippen LogP contribution in [0.2, 0.25) is 0 Å². The molecule has 1 unspecified atom stereocenters. The van der Waals surface area contributed by atoms with E-state index in [0.29, 0.717) is 5.75 Å². The third-order valence-electron chi connectivity index (χ3n) is 3.10. The van der Waals surface area contributed by atoms with Crippen molar-refractivity contribution in [2.75, 3.05) is 7.11 Å². The molecule has 0 spiro atoms. The minimum absolute atomic E-state index is 0.326. The first-order chi connectivity index (χ1) is 8.78. The predicted molar refractivity (Wildman–Crippen MR) is 71.3 cm³/mol. The molecule has 1 atom stereocenters. The van der Waals surface area contributed by atoms with Gasteiger partial charge >= 0.3 is 5.97 Å². The first-order valence-electron chi connectivity index (χ1n) is 5.97. The third-order valence-corrected chi connectivity index (χ3v) is 3.10. The van der Waals surface area contributed by atoms with Gasteiger partial charge in [-0.15, -0.1) is 0 Å². The molecule has 0 radical (unpaired) electrons. The fraction of sp³-hybridized carbons (Fsp3) is 0.429. The van der Waals surface area contributed by atoms with Crippen LogP contribution in [0.15, 0.2) is 24.3 Å². The van der Waals surface area contributed by atoms with Gasteiger partial charge in [0.2, 0.25) is 5.91 Å². The third kappa shape index (κ3) is 3.47. The second kappa shape index (κ2) is 5.73. The Kier molecular flexibility index (Phi) is 4.53. The van der Waals surface area contributed by atoms with E-state index >= 15 is 0 Å². The number of hydrogen-bond acceptors (Lipinski definition) is 3. The van der Waals surface area contributed by atoms with E-state index in [-0.39, 0.29) is 5.91 Å². The number of benzene rings is 1. The van der Waals surface area contributed by atoms with Gasteiger partial charge in [-0.05, 0) is 38.5 Å². The second-order valence-electron chi connectivity index (χ2n) is 4.89. The van der Waals surface area contributed by atoms with Crippen LogP contribution in [0.25, 0.3) is 0 Å². The predicted octanol–water partition coefficient (Wildman–Crippen LogP) is 1.56. The summed E-state index contributed by atoms with van der Waals surface area (Å²) < 4.78 is 5.06. The molecular formula is C14H19NO4. The highest BCUT2D eigenvalue weighted by Gasteiger charge is 2.31. The zero-order valence-electron chi connectivity index (χ0n) is 11.6. The SMILES string of the molecule is COc1ccc(C(C)(C)C(=O)NC(C)C(=O)O)cc1. The number of carbonyl (C=O) groups excluding carboxylic acids is 1. The molecule has 0 aromatic heterocycles. The molecule has 0 heterocycles. The molecule has 19 heavy (non-hydrogen) atoms. The van der Waals surface area contributed by atoms with E-state index in [1.54, 1.807) is 45.2 Å². The second-order valence-corrected chi connectivity index (χ2v) is 4.89. The van der Waals surface area contributed by atoms with Crippen LogP contribution in [0.1, 0.15) is 26.3 Å². The van der Waals surface area contributed by atoms with Crippen LogP contribution >= 0.6 is 0 Å². The van der Waals surface area contributed by atoms with Crippen molar-refractivity contribution < 1.29 is 19.4 Å². The molecular weight excluding hydrogens is 246 g/mol. The lowest BCUT2D eigenvalue weighted by Crippen LogP contribution is -2.46. The maximum Gasteiger partial charge on any atom is 0.325 e. The topological polar surface area (TPSA) is 75.6 Å². The summed E-state index contributed by atoms with van der Waals surface area (Å²) in [6.07, 6.45) is 0. The van der Waals surface area contributed by atoms with Crippen LogP contribution in [0.5, 0.6) is 5.75 Å². The van der Waals surface area contributed by atoms with E-state index in [2.05, 4.69) is 5.32 Å². The average Bonchev–Trinajstić information content (AvgIpc) is 2.38. The summed E-state index contributed by atoms with van der Waals surface area (Å²) in [5, 5.41) is 11.3. The first-order valence-corrected chi connectivity index (χ1v) is 5.97. The minimum Gasteiger partial charge on any atom is -0.497 e. The number of methoxy groups -OCH3 is 1. The lowest BCUT2D eigenvalue weighted by atomic mass is 9.83. The Morgan fingerprint density at radius 1 is 1.26 bits per heavy atom. The molecule has 1 amide bonds. The fourth-order valence-corrected chi connectivity index (χ4v) is 1.58. The molecule has 0 aliphatic heterocycles. The van der Waals surface area contributed by atoms with Gasteiger partial charge in [0.15, 0.2) is 0 Å². The highest BCUT2D eigenvalue weighted by molar-refractivity contribution is 5.90. The number of nitrogens with one attached hydrogen (secondary N) is 1. The van der Waals surface area contributed by atoms with Crippen LogP contribution in [-0.4, -0.2) is 30.1 Å². The van der Waals surface area contributed by atoms with Crippen LogP contribution in [0.4, 0.5) is 0 Å². The number of aliphatic carboxylic acids is 1. The van der Waals surface area contributed by atoms with Crippen molar-refractivity contribution in [3.8, 4) is 5.75 Å². The monoisotopic (exact) mass is 265 g/mol. The van der Waals surface area contributed by atoms with Crippen LogP contribution < -0.4 is 10.1 Å². The van der Waals surface area contributed by atoms with E-state index in [1.807, 2.05) is 0 Å². The summed E-state index contributed by atoms with van der Waals surface area (Å²) in [5.41, 5.74) is -0.0147. The smallest absolute Gasteiger partial charge is 0.325 e. The zero-order chi connectivity index (χ0) is 14.6. The highest BCUT2D eigenvalue weighted by Crippen LogP contribution is 2.25. The quantitative estimate of drug-likeness (QED) is 0.847. The summed E-state index contributed by atoms with van der Waals surface area (Å²) in [6.45, 7) is 4.93. The molecule has 1 rings (SSSR count).